The van der Waals surface area contributed by atoms with E-state index in [0.717, 1.165) is 0 Å². The number of amides is 2. The number of rotatable bonds is 10. The van der Waals surface area contributed by atoms with E-state index in [1.54, 1.807) is 0 Å². The fourth-order valence-electron chi connectivity index (χ4n) is 2.92. The zero-order valence-electron chi connectivity index (χ0n) is 14.9. The first-order chi connectivity index (χ1) is 13.2. The molecule has 0 radical (unpaired) electrons. The first kappa shape index (κ1) is 21.5. The van der Waals surface area contributed by atoms with Gasteiger partial charge in [0.1, 0.15) is 6.04 Å². The summed E-state index contributed by atoms with van der Waals surface area (Å²) >= 11 is 0. The SMILES string of the molecule is NC1(c2nnc(C(CCC(=O)O)NC(=O)N[C@@H](CO)C(=O)O)o2)CC(CO)C1. The van der Waals surface area contributed by atoms with E-state index in [4.69, 9.17) is 30.6 Å². The molecule has 0 spiro atoms. The second-order valence-corrected chi connectivity index (χ2v) is 6.73. The van der Waals surface area contributed by atoms with E-state index in [9.17, 15) is 14.4 Å². The minimum absolute atomic E-state index is 0.0154. The fourth-order valence-corrected chi connectivity index (χ4v) is 2.92. The lowest BCUT2D eigenvalue weighted by atomic mass is 9.69. The maximum atomic E-state index is 12.0. The highest BCUT2D eigenvalue weighted by Crippen LogP contribution is 2.42. The molecule has 1 aromatic rings. The van der Waals surface area contributed by atoms with Crippen molar-refractivity contribution in [3.05, 3.63) is 11.8 Å². The van der Waals surface area contributed by atoms with Gasteiger partial charge in [-0.2, -0.15) is 0 Å². The Labute approximate surface area is 158 Å². The third-order valence-electron chi connectivity index (χ3n) is 4.47. The highest BCUT2D eigenvalue weighted by Gasteiger charge is 2.46. The summed E-state index contributed by atoms with van der Waals surface area (Å²) in [6.07, 6.45) is 0.453. The number of nitrogens with zero attached hydrogens (tertiary/aromatic N) is 2. The molecule has 0 saturated heterocycles. The smallest absolute Gasteiger partial charge is 0.328 e. The molecular formula is C15H23N5O8. The number of carboxylic acid groups (broad SMARTS) is 2. The van der Waals surface area contributed by atoms with Crippen molar-refractivity contribution in [2.75, 3.05) is 13.2 Å². The molecule has 1 aliphatic carbocycles. The maximum Gasteiger partial charge on any atom is 0.328 e. The third-order valence-corrected chi connectivity index (χ3v) is 4.47. The molecule has 2 amide bonds. The van der Waals surface area contributed by atoms with Crippen molar-refractivity contribution in [1.29, 1.82) is 0 Å². The van der Waals surface area contributed by atoms with Gasteiger partial charge in [0.05, 0.1) is 12.1 Å². The molecule has 1 aromatic heterocycles. The number of nitrogens with two attached hydrogens (primary N) is 1. The quantitative estimate of drug-likeness (QED) is 0.233. The van der Waals surface area contributed by atoms with Crippen molar-refractivity contribution < 1.29 is 39.2 Å². The largest absolute Gasteiger partial charge is 0.481 e. The molecule has 156 valence electrons. The molecule has 1 unspecified atom stereocenters. The van der Waals surface area contributed by atoms with Crippen LogP contribution < -0.4 is 16.4 Å². The summed E-state index contributed by atoms with van der Waals surface area (Å²) in [5.41, 5.74) is 5.25. The zero-order chi connectivity index (χ0) is 20.9. The minimum atomic E-state index is -1.53. The van der Waals surface area contributed by atoms with Crippen LogP contribution in [0.1, 0.15) is 43.5 Å². The van der Waals surface area contributed by atoms with Crippen LogP contribution in [0.15, 0.2) is 4.42 Å². The van der Waals surface area contributed by atoms with Crippen LogP contribution in [-0.2, 0) is 15.1 Å². The van der Waals surface area contributed by atoms with Gasteiger partial charge in [0.15, 0.2) is 6.04 Å². The Morgan fingerprint density at radius 3 is 2.43 bits per heavy atom. The van der Waals surface area contributed by atoms with Crippen LogP contribution >= 0.6 is 0 Å². The van der Waals surface area contributed by atoms with E-state index in [1.807, 2.05) is 5.32 Å². The summed E-state index contributed by atoms with van der Waals surface area (Å²) in [7, 11) is 0. The number of carbonyl (C=O) groups is 3. The van der Waals surface area contributed by atoms with Crippen LogP contribution in [0.25, 0.3) is 0 Å². The van der Waals surface area contributed by atoms with E-state index in [1.165, 1.54) is 0 Å². The van der Waals surface area contributed by atoms with Crippen LogP contribution in [0.2, 0.25) is 0 Å². The Morgan fingerprint density at radius 1 is 1.21 bits per heavy atom. The molecule has 0 bridgehead atoms. The van der Waals surface area contributed by atoms with Crippen molar-refractivity contribution in [2.45, 2.75) is 43.3 Å². The van der Waals surface area contributed by atoms with E-state index < -0.39 is 42.2 Å². The summed E-state index contributed by atoms with van der Waals surface area (Å²) in [5.74, 6) is -2.51. The molecule has 2 atom stereocenters. The van der Waals surface area contributed by atoms with Crippen molar-refractivity contribution >= 4 is 18.0 Å². The molecule has 2 rings (SSSR count). The molecule has 1 fully saturated rings. The second kappa shape index (κ2) is 8.95. The van der Waals surface area contributed by atoms with Gasteiger partial charge >= 0.3 is 18.0 Å². The van der Waals surface area contributed by atoms with Gasteiger partial charge in [-0.05, 0) is 25.2 Å². The Hall–Kier alpha value is -2.77. The van der Waals surface area contributed by atoms with Gasteiger partial charge in [-0.25, -0.2) is 9.59 Å². The van der Waals surface area contributed by atoms with Gasteiger partial charge in [0.25, 0.3) is 0 Å². The monoisotopic (exact) mass is 401 g/mol. The lowest BCUT2D eigenvalue weighted by Gasteiger charge is -2.41. The number of hydrogen-bond acceptors (Lipinski definition) is 9. The van der Waals surface area contributed by atoms with E-state index in [-0.39, 0.29) is 37.1 Å². The Balaban J connectivity index is 2.09. The molecule has 1 saturated carbocycles. The number of aliphatic hydroxyl groups excluding tert-OH is 2. The Kier molecular flexibility index (Phi) is 6.88. The summed E-state index contributed by atoms with van der Waals surface area (Å²) in [4.78, 5) is 33.8. The number of carbonyl (C=O) groups excluding carboxylic acids is 1. The Bertz CT molecular complexity index is 717. The predicted molar refractivity (Wildman–Crippen MR) is 89.8 cm³/mol. The molecule has 13 heteroatoms. The normalized spacial score (nSPS) is 23.3. The zero-order valence-corrected chi connectivity index (χ0v) is 14.9. The van der Waals surface area contributed by atoms with E-state index >= 15 is 0 Å². The fraction of sp³-hybridized carbons (Fsp3) is 0.667. The summed E-state index contributed by atoms with van der Waals surface area (Å²) < 4.78 is 5.53. The van der Waals surface area contributed by atoms with E-state index in [2.05, 4.69) is 15.5 Å². The van der Waals surface area contributed by atoms with Crippen molar-refractivity contribution in [3.63, 3.8) is 0 Å². The predicted octanol–water partition coefficient (Wildman–Crippen LogP) is -1.72. The molecule has 1 heterocycles. The van der Waals surface area contributed by atoms with Gasteiger partial charge in [0.2, 0.25) is 11.8 Å². The van der Waals surface area contributed by atoms with Gasteiger partial charge in [-0.3, -0.25) is 4.79 Å². The number of aliphatic carboxylic acids is 2. The van der Waals surface area contributed by atoms with Gasteiger partial charge in [-0.15, -0.1) is 10.2 Å². The lowest BCUT2D eigenvalue weighted by molar-refractivity contribution is -0.140. The first-order valence-electron chi connectivity index (χ1n) is 8.54. The summed E-state index contributed by atoms with van der Waals surface area (Å²) in [6, 6.07) is -3.50. The van der Waals surface area contributed by atoms with Crippen LogP contribution in [0.4, 0.5) is 4.79 Å². The average Bonchev–Trinajstić information content (AvgIpc) is 3.10. The van der Waals surface area contributed by atoms with Gasteiger partial charge < -0.3 is 41.2 Å². The minimum Gasteiger partial charge on any atom is -0.481 e. The Morgan fingerprint density at radius 2 is 1.89 bits per heavy atom. The third kappa shape index (κ3) is 5.15. The molecule has 28 heavy (non-hydrogen) atoms. The highest BCUT2D eigenvalue weighted by molar-refractivity contribution is 5.82. The molecular weight excluding hydrogens is 378 g/mol. The number of hydrogen-bond donors (Lipinski definition) is 7. The topological polar surface area (TPSA) is 221 Å². The summed E-state index contributed by atoms with van der Waals surface area (Å²) in [6.45, 7) is -0.840. The second-order valence-electron chi connectivity index (χ2n) is 6.73. The van der Waals surface area contributed by atoms with E-state index in [0.29, 0.717) is 12.8 Å². The van der Waals surface area contributed by atoms with Crippen LogP contribution in [0.5, 0.6) is 0 Å². The molecule has 0 aromatic carbocycles. The lowest BCUT2D eigenvalue weighted by Crippen LogP contribution is -2.50. The van der Waals surface area contributed by atoms with Crippen LogP contribution in [0.3, 0.4) is 0 Å². The van der Waals surface area contributed by atoms with Crippen LogP contribution in [0, 0.1) is 5.92 Å². The molecule has 13 nitrogen and oxygen atoms in total. The van der Waals surface area contributed by atoms with Crippen LogP contribution in [-0.4, -0.2) is 67.8 Å². The van der Waals surface area contributed by atoms with Crippen molar-refractivity contribution in [2.24, 2.45) is 11.7 Å². The standard InChI is InChI=1S/C15H23N5O8/c16-15(3-7(4-15)5-21)13-20-19-11(28-13)8(1-2-10(23)24)17-14(27)18-9(6-22)12(25)26/h7-9,21-22H,1-6,16H2,(H,23,24)(H,25,26)(H2,17,18,27)/t7?,8?,9-,15?/m0/s1. The van der Waals surface area contributed by atoms with Gasteiger partial charge in [0, 0.05) is 13.0 Å². The van der Waals surface area contributed by atoms with Crippen molar-refractivity contribution in [3.8, 4) is 0 Å². The first-order valence-corrected chi connectivity index (χ1v) is 8.54. The summed E-state index contributed by atoms with van der Waals surface area (Å²) in [5, 5.41) is 47.9. The number of aliphatic hydroxyl groups is 2. The number of aromatic nitrogens is 2. The average molecular weight is 401 g/mol. The number of nitrogens with one attached hydrogen (secondary N) is 2. The maximum absolute atomic E-state index is 12.0. The number of urea groups is 1. The number of carboxylic acids is 2. The highest BCUT2D eigenvalue weighted by atomic mass is 16.4. The molecule has 0 aliphatic heterocycles. The van der Waals surface area contributed by atoms with Gasteiger partial charge in [-0.1, -0.05) is 0 Å². The molecule has 8 N–H and O–H groups in total. The van der Waals surface area contributed by atoms with Crippen molar-refractivity contribution in [1.82, 2.24) is 20.8 Å². The molecule has 1 aliphatic rings.